The molecule has 0 saturated carbocycles. The third-order valence-electron chi connectivity index (χ3n) is 3.44. The van der Waals surface area contributed by atoms with Crippen LogP contribution in [0.2, 0.25) is 0 Å². The zero-order chi connectivity index (χ0) is 13.8. The molecule has 1 aromatic rings. The van der Waals surface area contributed by atoms with Gasteiger partial charge in [0.25, 0.3) is 0 Å². The molecular formula is C14H20FN3O. The second-order valence-corrected chi connectivity index (χ2v) is 4.90. The average molecular weight is 265 g/mol. The van der Waals surface area contributed by atoms with E-state index in [0.29, 0.717) is 30.4 Å². The van der Waals surface area contributed by atoms with E-state index in [4.69, 9.17) is 0 Å². The molecule has 4 nitrogen and oxygen atoms in total. The third-order valence-corrected chi connectivity index (χ3v) is 3.44. The van der Waals surface area contributed by atoms with E-state index < -0.39 is 0 Å². The molecule has 1 heterocycles. The molecule has 2 rings (SSSR count). The first-order valence-electron chi connectivity index (χ1n) is 6.65. The molecule has 0 aliphatic carbocycles. The van der Waals surface area contributed by atoms with Gasteiger partial charge in [-0.2, -0.15) is 0 Å². The molecular weight excluding hydrogens is 245 g/mol. The van der Waals surface area contributed by atoms with E-state index >= 15 is 0 Å². The Morgan fingerprint density at radius 1 is 1.58 bits per heavy atom. The van der Waals surface area contributed by atoms with Crippen LogP contribution in [0.1, 0.15) is 18.9 Å². The number of nitrogens with one attached hydrogen (secondary N) is 2. The van der Waals surface area contributed by atoms with Crippen molar-refractivity contribution in [3.8, 4) is 0 Å². The largest absolute Gasteiger partial charge is 0.322 e. The van der Waals surface area contributed by atoms with Crippen molar-refractivity contribution in [3.63, 3.8) is 0 Å². The number of carbonyl (C=O) groups excluding carboxylic acids is 1. The third kappa shape index (κ3) is 3.44. The van der Waals surface area contributed by atoms with Crippen LogP contribution in [-0.2, 0) is 0 Å². The summed E-state index contributed by atoms with van der Waals surface area (Å²) in [5, 5.41) is 6.18. The van der Waals surface area contributed by atoms with Crippen molar-refractivity contribution in [1.29, 1.82) is 0 Å². The lowest BCUT2D eigenvalue weighted by molar-refractivity contribution is 0.188. The highest BCUT2D eigenvalue weighted by Gasteiger charge is 2.21. The number of urea groups is 1. The first-order valence-corrected chi connectivity index (χ1v) is 6.65. The molecule has 1 saturated heterocycles. The topological polar surface area (TPSA) is 44.4 Å². The van der Waals surface area contributed by atoms with Gasteiger partial charge in [-0.15, -0.1) is 0 Å². The lowest BCUT2D eigenvalue weighted by Gasteiger charge is -2.33. The number of hydrogen-bond donors (Lipinski definition) is 2. The highest BCUT2D eigenvalue weighted by atomic mass is 19.1. The van der Waals surface area contributed by atoms with E-state index in [1.165, 1.54) is 6.07 Å². The van der Waals surface area contributed by atoms with Gasteiger partial charge in [0.1, 0.15) is 5.82 Å². The van der Waals surface area contributed by atoms with Crippen molar-refractivity contribution in [2.45, 2.75) is 26.3 Å². The van der Waals surface area contributed by atoms with Crippen LogP contribution in [0.5, 0.6) is 0 Å². The van der Waals surface area contributed by atoms with Crippen LogP contribution in [-0.4, -0.2) is 36.6 Å². The minimum atomic E-state index is -0.258. The summed E-state index contributed by atoms with van der Waals surface area (Å²) in [7, 11) is 0. The molecule has 1 atom stereocenters. The van der Waals surface area contributed by atoms with Gasteiger partial charge in [0, 0.05) is 31.4 Å². The van der Waals surface area contributed by atoms with Gasteiger partial charge in [-0.3, -0.25) is 0 Å². The van der Waals surface area contributed by atoms with Gasteiger partial charge in [0.15, 0.2) is 0 Å². The summed E-state index contributed by atoms with van der Waals surface area (Å²) < 4.78 is 13.2. The van der Waals surface area contributed by atoms with E-state index in [1.54, 1.807) is 24.0 Å². The molecule has 0 radical (unpaired) electrons. The summed E-state index contributed by atoms with van der Waals surface area (Å²) >= 11 is 0. The minimum absolute atomic E-state index is 0.119. The van der Waals surface area contributed by atoms with Crippen molar-refractivity contribution in [1.82, 2.24) is 10.2 Å². The predicted octanol–water partition coefficient (Wildman–Crippen LogP) is 2.35. The summed E-state index contributed by atoms with van der Waals surface area (Å²) in [6, 6.07) is 4.84. The fourth-order valence-electron chi connectivity index (χ4n) is 2.21. The van der Waals surface area contributed by atoms with Crippen molar-refractivity contribution >= 4 is 11.7 Å². The molecule has 0 spiro atoms. The Labute approximate surface area is 113 Å². The SMILES string of the molecule is CC[C@@H]1CN(C(=O)Nc2ccc(F)c(C)c2)CCN1. The molecule has 2 amide bonds. The molecule has 0 unspecified atom stereocenters. The van der Waals surface area contributed by atoms with Crippen LogP contribution < -0.4 is 10.6 Å². The Morgan fingerprint density at radius 3 is 3.05 bits per heavy atom. The van der Waals surface area contributed by atoms with E-state index in [-0.39, 0.29) is 11.8 Å². The molecule has 2 N–H and O–H groups in total. The number of hydrogen-bond acceptors (Lipinski definition) is 2. The number of benzene rings is 1. The summed E-state index contributed by atoms with van der Waals surface area (Å²) in [6.45, 7) is 6.00. The molecule has 1 aliphatic rings. The Hall–Kier alpha value is -1.62. The molecule has 1 aliphatic heterocycles. The number of rotatable bonds is 2. The van der Waals surface area contributed by atoms with Crippen LogP contribution in [0.15, 0.2) is 18.2 Å². The number of amides is 2. The van der Waals surface area contributed by atoms with Crippen molar-refractivity contribution < 1.29 is 9.18 Å². The van der Waals surface area contributed by atoms with E-state index in [0.717, 1.165) is 13.0 Å². The fourth-order valence-corrected chi connectivity index (χ4v) is 2.21. The van der Waals surface area contributed by atoms with Crippen LogP contribution in [0.25, 0.3) is 0 Å². The Bertz CT molecular complexity index is 464. The monoisotopic (exact) mass is 265 g/mol. The quantitative estimate of drug-likeness (QED) is 0.862. The summed E-state index contributed by atoms with van der Waals surface area (Å²) in [5.41, 5.74) is 1.17. The van der Waals surface area contributed by atoms with Crippen LogP contribution in [0, 0.1) is 12.7 Å². The number of nitrogens with zero attached hydrogens (tertiary/aromatic N) is 1. The molecule has 5 heteroatoms. The number of carbonyl (C=O) groups is 1. The Kier molecular flexibility index (Phi) is 4.37. The molecule has 1 fully saturated rings. The van der Waals surface area contributed by atoms with E-state index in [2.05, 4.69) is 17.6 Å². The first-order chi connectivity index (χ1) is 9.10. The molecule has 104 valence electrons. The average Bonchev–Trinajstić information content (AvgIpc) is 2.43. The number of anilines is 1. The summed E-state index contributed by atoms with van der Waals surface area (Å²) in [4.78, 5) is 13.9. The van der Waals surface area contributed by atoms with Crippen LogP contribution in [0.3, 0.4) is 0 Å². The Balaban J connectivity index is 1.98. The molecule has 0 aromatic heterocycles. The second kappa shape index (κ2) is 6.02. The van der Waals surface area contributed by atoms with E-state index in [1.807, 2.05) is 0 Å². The highest BCUT2D eigenvalue weighted by Crippen LogP contribution is 2.14. The smallest absolute Gasteiger partial charge is 0.321 e. The maximum atomic E-state index is 13.2. The van der Waals surface area contributed by atoms with Crippen LogP contribution >= 0.6 is 0 Å². The molecule has 1 aromatic carbocycles. The van der Waals surface area contributed by atoms with Gasteiger partial charge in [0.05, 0.1) is 0 Å². The van der Waals surface area contributed by atoms with Gasteiger partial charge >= 0.3 is 6.03 Å². The van der Waals surface area contributed by atoms with Crippen molar-refractivity contribution in [2.24, 2.45) is 0 Å². The zero-order valence-corrected chi connectivity index (χ0v) is 11.4. The van der Waals surface area contributed by atoms with E-state index in [9.17, 15) is 9.18 Å². The Morgan fingerprint density at radius 2 is 2.37 bits per heavy atom. The first kappa shape index (κ1) is 13.8. The predicted molar refractivity (Wildman–Crippen MR) is 73.8 cm³/mol. The van der Waals surface area contributed by atoms with Gasteiger partial charge in [-0.25, -0.2) is 9.18 Å². The normalized spacial score (nSPS) is 19.3. The second-order valence-electron chi connectivity index (χ2n) is 4.90. The number of halogens is 1. The van der Waals surface area contributed by atoms with Crippen molar-refractivity contribution in [3.05, 3.63) is 29.6 Å². The summed E-state index contributed by atoms with van der Waals surface area (Å²) in [6.07, 6.45) is 0.999. The maximum absolute atomic E-state index is 13.2. The van der Waals surface area contributed by atoms with Crippen molar-refractivity contribution in [2.75, 3.05) is 25.0 Å². The lowest BCUT2D eigenvalue weighted by Crippen LogP contribution is -2.53. The highest BCUT2D eigenvalue weighted by molar-refractivity contribution is 5.89. The van der Waals surface area contributed by atoms with Crippen LogP contribution in [0.4, 0.5) is 14.9 Å². The standard InChI is InChI=1S/C14H20FN3O/c1-3-11-9-18(7-6-16-11)14(19)17-12-4-5-13(15)10(2)8-12/h4-5,8,11,16H,3,6-7,9H2,1-2H3,(H,17,19)/t11-/m1/s1. The summed E-state index contributed by atoms with van der Waals surface area (Å²) in [5.74, 6) is -0.258. The fraction of sp³-hybridized carbons (Fsp3) is 0.500. The number of aryl methyl sites for hydroxylation is 1. The maximum Gasteiger partial charge on any atom is 0.321 e. The zero-order valence-electron chi connectivity index (χ0n) is 11.4. The van der Waals surface area contributed by atoms with Gasteiger partial charge in [0.2, 0.25) is 0 Å². The molecule has 0 bridgehead atoms. The minimum Gasteiger partial charge on any atom is -0.322 e. The van der Waals surface area contributed by atoms with Gasteiger partial charge in [-0.05, 0) is 37.1 Å². The number of piperazine rings is 1. The van der Waals surface area contributed by atoms with Gasteiger partial charge < -0.3 is 15.5 Å². The lowest BCUT2D eigenvalue weighted by atomic mass is 10.1. The van der Waals surface area contributed by atoms with Gasteiger partial charge in [-0.1, -0.05) is 6.92 Å². The molecule has 19 heavy (non-hydrogen) atoms.